The number of rotatable bonds is 5. The molecule has 2 aromatic heterocycles. The van der Waals surface area contributed by atoms with Gasteiger partial charge in [-0.05, 0) is 62.5 Å². The van der Waals surface area contributed by atoms with Crippen LogP contribution in [0.25, 0.3) is 0 Å². The van der Waals surface area contributed by atoms with Crippen LogP contribution in [0.1, 0.15) is 56.8 Å². The van der Waals surface area contributed by atoms with E-state index in [4.69, 9.17) is 4.42 Å². The summed E-state index contributed by atoms with van der Waals surface area (Å²) in [6.45, 7) is 6.26. The van der Waals surface area contributed by atoms with E-state index in [0.717, 1.165) is 23.6 Å². The second-order valence-corrected chi connectivity index (χ2v) is 6.49. The minimum atomic E-state index is 0.425. The Morgan fingerprint density at radius 2 is 2.24 bits per heavy atom. The second-order valence-electron chi connectivity index (χ2n) is 6.49. The first kappa shape index (κ1) is 17.2. The minimum Gasteiger partial charge on any atom is -0.456 e. The van der Waals surface area contributed by atoms with Gasteiger partial charge in [0.05, 0.1) is 12.0 Å². The van der Waals surface area contributed by atoms with Gasteiger partial charge in [-0.1, -0.05) is 13.8 Å². The fourth-order valence-electron chi connectivity index (χ4n) is 2.40. The number of anilines is 1. The molecule has 25 heavy (non-hydrogen) atoms. The van der Waals surface area contributed by atoms with Gasteiger partial charge in [-0.25, -0.2) is 9.97 Å². The lowest BCUT2D eigenvalue weighted by Crippen LogP contribution is -2.27. The number of hydrogen-bond donors (Lipinski definition) is 1. The highest BCUT2D eigenvalue weighted by molar-refractivity contribution is 5.73. The van der Waals surface area contributed by atoms with Crippen LogP contribution in [0.5, 0.6) is 0 Å². The standard InChI is InChI=1S/C20H24N4O/c1-4-14(2)13-21-19-15(3)22-18(11-10-17-9-6-12-25-17)24-20(19)23-16-7-5-8-16/h6,9,12-14,16H,4-5,7-8H2,1-3H3,(H,22,23,24)/b21-13-. The van der Waals surface area contributed by atoms with E-state index in [1.165, 1.54) is 19.3 Å². The van der Waals surface area contributed by atoms with Crippen molar-refractivity contribution in [2.75, 3.05) is 5.32 Å². The summed E-state index contributed by atoms with van der Waals surface area (Å²) >= 11 is 0. The van der Waals surface area contributed by atoms with Crippen molar-refractivity contribution < 1.29 is 4.42 Å². The number of furan rings is 1. The van der Waals surface area contributed by atoms with Crippen LogP contribution in [0.3, 0.4) is 0 Å². The zero-order valence-electron chi connectivity index (χ0n) is 15.0. The van der Waals surface area contributed by atoms with Crippen LogP contribution in [0, 0.1) is 24.7 Å². The van der Waals surface area contributed by atoms with E-state index in [0.29, 0.717) is 23.5 Å². The zero-order valence-corrected chi connectivity index (χ0v) is 15.0. The summed E-state index contributed by atoms with van der Waals surface area (Å²) < 4.78 is 5.24. The van der Waals surface area contributed by atoms with Crippen LogP contribution < -0.4 is 5.32 Å². The predicted octanol–water partition coefficient (Wildman–Crippen LogP) is 4.49. The topological polar surface area (TPSA) is 63.3 Å². The molecular weight excluding hydrogens is 312 g/mol. The molecule has 0 saturated heterocycles. The molecule has 1 saturated carbocycles. The van der Waals surface area contributed by atoms with E-state index in [2.05, 4.69) is 46.0 Å². The summed E-state index contributed by atoms with van der Waals surface area (Å²) in [6, 6.07) is 4.10. The van der Waals surface area contributed by atoms with Gasteiger partial charge in [0.25, 0.3) is 0 Å². The van der Waals surface area contributed by atoms with Gasteiger partial charge in [0, 0.05) is 12.3 Å². The summed E-state index contributed by atoms with van der Waals surface area (Å²) in [7, 11) is 0. The molecule has 0 amide bonds. The molecule has 1 fully saturated rings. The third-order valence-corrected chi connectivity index (χ3v) is 4.43. The average Bonchev–Trinajstić information content (AvgIpc) is 3.08. The highest BCUT2D eigenvalue weighted by Crippen LogP contribution is 2.30. The lowest BCUT2D eigenvalue weighted by molar-refractivity contribution is 0.444. The second kappa shape index (κ2) is 7.98. The van der Waals surface area contributed by atoms with Crippen LogP contribution in [0.2, 0.25) is 0 Å². The third kappa shape index (κ3) is 4.48. The Bertz CT molecular complexity index is 795. The van der Waals surface area contributed by atoms with Gasteiger partial charge in [-0.15, -0.1) is 0 Å². The van der Waals surface area contributed by atoms with Crippen molar-refractivity contribution in [3.8, 4) is 11.8 Å². The fraction of sp³-hybridized carbons (Fsp3) is 0.450. The van der Waals surface area contributed by atoms with Gasteiger partial charge in [-0.3, -0.25) is 4.99 Å². The molecule has 0 radical (unpaired) electrons. The Kier molecular flexibility index (Phi) is 5.49. The monoisotopic (exact) mass is 336 g/mol. The molecule has 0 spiro atoms. The predicted molar refractivity (Wildman–Crippen MR) is 100 cm³/mol. The zero-order chi connectivity index (χ0) is 17.6. The number of aromatic nitrogens is 2. The molecular formula is C20H24N4O. The molecule has 130 valence electrons. The minimum absolute atomic E-state index is 0.425. The van der Waals surface area contributed by atoms with Gasteiger partial charge in [0.15, 0.2) is 11.6 Å². The number of nitrogens with one attached hydrogen (secondary N) is 1. The number of hydrogen-bond acceptors (Lipinski definition) is 5. The summed E-state index contributed by atoms with van der Waals surface area (Å²) in [5, 5.41) is 3.51. The molecule has 2 aromatic rings. The maximum absolute atomic E-state index is 5.24. The summed E-state index contributed by atoms with van der Waals surface area (Å²) in [4.78, 5) is 13.8. The van der Waals surface area contributed by atoms with Gasteiger partial charge in [-0.2, -0.15) is 0 Å². The van der Waals surface area contributed by atoms with Gasteiger partial charge >= 0.3 is 0 Å². The fourth-order valence-corrected chi connectivity index (χ4v) is 2.40. The Morgan fingerprint density at radius 1 is 1.40 bits per heavy atom. The molecule has 5 nitrogen and oxygen atoms in total. The molecule has 1 aliphatic rings. The van der Waals surface area contributed by atoms with E-state index in [-0.39, 0.29) is 0 Å². The Morgan fingerprint density at radius 3 is 2.88 bits per heavy atom. The summed E-state index contributed by atoms with van der Waals surface area (Å²) in [6.07, 6.45) is 8.24. The first-order valence-corrected chi connectivity index (χ1v) is 8.90. The maximum atomic E-state index is 5.24. The smallest absolute Gasteiger partial charge is 0.207 e. The van der Waals surface area contributed by atoms with Crippen molar-refractivity contribution in [2.45, 2.75) is 52.5 Å². The van der Waals surface area contributed by atoms with Crippen molar-refractivity contribution in [3.63, 3.8) is 0 Å². The van der Waals surface area contributed by atoms with Gasteiger partial charge in [0.2, 0.25) is 5.82 Å². The molecule has 0 aromatic carbocycles. The lowest BCUT2D eigenvalue weighted by Gasteiger charge is -2.27. The molecule has 1 N–H and O–H groups in total. The van der Waals surface area contributed by atoms with Gasteiger partial charge in [0.1, 0.15) is 5.69 Å². The molecule has 0 bridgehead atoms. The summed E-state index contributed by atoms with van der Waals surface area (Å²) in [5.74, 6) is 8.22. The van der Waals surface area contributed by atoms with E-state index in [1.54, 1.807) is 6.26 Å². The van der Waals surface area contributed by atoms with Crippen LogP contribution >= 0.6 is 0 Å². The normalized spacial score (nSPS) is 15.5. The summed E-state index contributed by atoms with van der Waals surface area (Å²) in [5.41, 5.74) is 1.65. The van der Waals surface area contributed by atoms with Crippen molar-refractivity contribution in [3.05, 3.63) is 35.7 Å². The van der Waals surface area contributed by atoms with Crippen LogP contribution in [-0.2, 0) is 0 Å². The number of nitrogens with zero attached hydrogens (tertiary/aromatic N) is 3. The molecule has 5 heteroatoms. The molecule has 0 aliphatic heterocycles. The van der Waals surface area contributed by atoms with Crippen LogP contribution in [-0.4, -0.2) is 22.2 Å². The first-order chi connectivity index (χ1) is 12.2. The molecule has 2 heterocycles. The van der Waals surface area contributed by atoms with Crippen molar-refractivity contribution in [1.29, 1.82) is 0 Å². The maximum Gasteiger partial charge on any atom is 0.207 e. The van der Waals surface area contributed by atoms with E-state index < -0.39 is 0 Å². The van der Waals surface area contributed by atoms with E-state index >= 15 is 0 Å². The van der Waals surface area contributed by atoms with Crippen molar-refractivity contribution >= 4 is 17.7 Å². The molecule has 1 atom stereocenters. The Hall–Kier alpha value is -2.61. The highest BCUT2D eigenvalue weighted by Gasteiger charge is 2.20. The van der Waals surface area contributed by atoms with Crippen molar-refractivity contribution in [1.82, 2.24) is 9.97 Å². The highest BCUT2D eigenvalue weighted by atomic mass is 16.3. The third-order valence-electron chi connectivity index (χ3n) is 4.43. The number of aliphatic imine (C=N–C) groups is 1. The number of aryl methyl sites for hydroxylation is 1. The first-order valence-electron chi connectivity index (χ1n) is 8.90. The largest absolute Gasteiger partial charge is 0.456 e. The SMILES string of the molecule is CCC(C)/C=N\c1c(C)nc(C#Cc2ccco2)nc1NC1CCC1. The quantitative estimate of drug-likeness (QED) is 0.645. The molecule has 3 rings (SSSR count). The van der Waals surface area contributed by atoms with Gasteiger partial charge < -0.3 is 9.73 Å². The Balaban J connectivity index is 1.92. The Labute approximate surface area is 149 Å². The molecule has 1 unspecified atom stereocenters. The average molecular weight is 336 g/mol. The molecule has 1 aliphatic carbocycles. The van der Waals surface area contributed by atoms with Crippen LogP contribution in [0.4, 0.5) is 11.5 Å². The van der Waals surface area contributed by atoms with Crippen LogP contribution in [0.15, 0.2) is 27.8 Å². The van der Waals surface area contributed by atoms with E-state index in [9.17, 15) is 0 Å². The van der Waals surface area contributed by atoms with E-state index in [1.807, 2.05) is 25.3 Å². The van der Waals surface area contributed by atoms with Crippen molar-refractivity contribution in [2.24, 2.45) is 10.9 Å². The lowest BCUT2D eigenvalue weighted by atomic mass is 9.93.